The van der Waals surface area contributed by atoms with Crippen molar-refractivity contribution in [1.82, 2.24) is 9.71 Å². The minimum absolute atomic E-state index is 0.0277. The Hall–Kier alpha value is -2.20. The number of sulfonamides is 1. The molecule has 1 heterocycles. The normalized spacial score (nSPS) is 13.9. The standard InChI is InChI=1S/C20H19N3O3S3/c24-20(18-6-1-2-7-19(18)28-12-16-11-27-13-21-16)22-15-4-3-5-17(10-15)29(25,26)23-14-8-9-14/h1-7,10-11,13-14,23H,8-9,12H2,(H,22,24). The number of carbonyl (C=O) groups is 1. The van der Waals surface area contributed by atoms with Crippen LogP contribution >= 0.6 is 23.1 Å². The van der Waals surface area contributed by atoms with E-state index in [0.29, 0.717) is 17.0 Å². The lowest BCUT2D eigenvalue weighted by Crippen LogP contribution is -2.25. The van der Waals surface area contributed by atoms with E-state index >= 15 is 0 Å². The highest BCUT2D eigenvalue weighted by Gasteiger charge is 2.28. The van der Waals surface area contributed by atoms with Crippen molar-refractivity contribution in [3.8, 4) is 0 Å². The Morgan fingerprint density at radius 3 is 2.76 bits per heavy atom. The van der Waals surface area contributed by atoms with E-state index in [1.807, 2.05) is 23.6 Å². The fourth-order valence-electron chi connectivity index (χ4n) is 2.67. The van der Waals surface area contributed by atoms with Crippen LogP contribution in [0.3, 0.4) is 0 Å². The van der Waals surface area contributed by atoms with Crippen molar-refractivity contribution < 1.29 is 13.2 Å². The maximum absolute atomic E-state index is 12.8. The van der Waals surface area contributed by atoms with Gasteiger partial charge in [-0.3, -0.25) is 4.79 Å². The van der Waals surface area contributed by atoms with Gasteiger partial charge in [0.2, 0.25) is 10.0 Å². The summed E-state index contributed by atoms with van der Waals surface area (Å²) in [6, 6.07) is 13.7. The van der Waals surface area contributed by atoms with Crippen LogP contribution in [0.15, 0.2) is 69.2 Å². The van der Waals surface area contributed by atoms with Crippen LogP contribution in [0.5, 0.6) is 0 Å². The van der Waals surface area contributed by atoms with Crippen LogP contribution in [0.25, 0.3) is 0 Å². The number of rotatable bonds is 8. The zero-order chi connectivity index (χ0) is 20.3. The van der Waals surface area contributed by atoms with Crippen LogP contribution in [0.4, 0.5) is 5.69 Å². The minimum Gasteiger partial charge on any atom is -0.322 e. The maximum Gasteiger partial charge on any atom is 0.256 e. The molecule has 6 nitrogen and oxygen atoms in total. The molecule has 0 unspecified atom stereocenters. The molecule has 9 heteroatoms. The van der Waals surface area contributed by atoms with Crippen molar-refractivity contribution in [2.24, 2.45) is 0 Å². The van der Waals surface area contributed by atoms with Crippen molar-refractivity contribution >= 4 is 44.7 Å². The van der Waals surface area contributed by atoms with Gasteiger partial charge in [-0.25, -0.2) is 18.1 Å². The van der Waals surface area contributed by atoms with Gasteiger partial charge in [0, 0.05) is 27.8 Å². The molecule has 1 aliphatic carbocycles. The van der Waals surface area contributed by atoms with E-state index in [0.717, 1.165) is 23.4 Å². The van der Waals surface area contributed by atoms with Gasteiger partial charge in [-0.2, -0.15) is 0 Å². The van der Waals surface area contributed by atoms with Crippen LogP contribution in [0, 0.1) is 0 Å². The number of thioether (sulfide) groups is 1. The second kappa shape index (κ2) is 8.66. The van der Waals surface area contributed by atoms with Crippen molar-refractivity contribution in [1.29, 1.82) is 0 Å². The second-order valence-corrected chi connectivity index (χ2v) is 10.1. The number of benzene rings is 2. The van der Waals surface area contributed by atoms with Gasteiger partial charge in [-0.1, -0.05) is 18.2 Å². The number of thiazole rings is 1. The van der Waals surface area contributed by atoms with Gasteiger partial charge in [0.15, 0.2) is 0 Å². The fraction of sp³-hybridized carbons (Fsp3) is 0.200. The van der Waals surface area contributed by atoms with E-state index in [1.54, 1.807) is 35.5 Å². The predicted molar refractivity (Wildman–Crippen MR) is 116 cm³/mol. The number of aromatic nitrogens is 1. The van der Waals surface area contributed by atoms with Crippen molar-refractivity contribution in [3.05, 3.63) is 70.7 Å². The van der Waals surface area contributed by atoms with Crippen molar-refractivity contribution in [3.63, 3.8) is 0 Å². The van der Waals surface area contributed by atoms with Gasteiger partial charge in [0.05, 0.1) is 21.7 Å². The molecule has 2 N–H and O–H groups in total. The molecule has 2 aromatic carbocycles. The van der Waals surface area contributed by atoms with Crippen LogP contribution in [0.1, 0.15) is 28.9 Å². The van der Waals surface area contributed by atoms with E-state index in [-0.39, 0.29) is 16.8 Å². The van der Waals surface area contributed by atoms with Gasteiger partial charge in [-0.15, -0.1) is 23.1 Å². The van der Waals surface area contributed by atoms with Crippen LogP contribution < -0.4 is 10.0 Å². The number of amides is 1. The third-order valence-electron chi connectivity index (χ3n) is 4.29. The zero-order valence-electron chi connectivity index (χ0n) is 15.4. The van der Waals surface area contributed by atoms with Crippen LogP contribution in [-0.2, 0) is 15.8 Å². The van der Waals surface area contributed by atoms with Gasteiger partial charge >= 0.3 is 0 Å². The number of hydrogen-bond acceptors (Lipinski definition) is 6. The Balaban J connectivity index is 1.49. The SMILES string of the molecule is O=C(Nc1cccc(S(=O)(=O)NC2CC2)c1)c1ccccc1SCc1cscn1. The van der Waals surface area contributed by atoms with Crippen molar-refractivity contribution in [2.75, 3.05) is 5.32 Å². The highest BCUT2D eigenvalue weighted by atomic mass is 32.2. The molecule has 0 spiro atoms. The molecule has 150 valence electrons. The molecule has 0 aliphatic heterocycles. The number of nitrogens with zero attached hydrogens (tertiary/aromatic N) is 1. The molecular formula is C20H19N3O3S3. The molecule has 1 fully saturated rings. The van der Waals surface area contributed by atoms with Gasteiger partial charge in [0.1, 0.15) is 0 Å². The summed E-state index contributed by atoms with van der Waals surface area (Å²) in [6.07, 6.45) is 1.73. The first-order valence-corrected chi connectivity index (χ1v) is 12.4. The monoisotopic (exact) mass is 445 g/mol. The third-order valence-corrected chi connectivity index (χ3v) is 7.55. The zero-order valence-corrected chi connectivity index (χ0v) is 17.8. The Bertz CT molecular complexity index is 1110. The van der Waals surface area contributed by atoms with Gasteiger partial charge < -0.3 is 5.32 Å². The molecule has 0 atom stereocenters. The average molecular weight is 446 g/mol. The lowest BCUT2D eigenvalue weighted by Gasteiger charge is -2.11. The summed E-state index contributed by atoms with van der Waals surface area (Å²) in [4.78, 5) is 18.1. The number of carbonyl (C=O) groups excluding carboxylic acids is 1. The largest absolute Gasteiger partial charge is 0.322 e. The summed E-state index contributed by atoms with van der Waals surface area (Å²) in [5, 5.41) is 4.80. The summed E-state index contributed by atoms with van der Waals surface area (Å²) in [6.45, 7) is 0. The summed E-state index contributed by atoms with van der Waals surface area (Å²) in [5.41, 5.74) is 3.73. The number of hydrogen-bond donors (Lipinski definition) is 2. The van der Waals surface area contributed by atoms with E-state index < -0.39 is 10.0 Å². The summed E-state index contributed by atoms with van der Waals surface area (Å²) in [5.74, 6) is 0.394. The maximum atomic E-state index is 12.8. The van der Waals surface area contributed by atoms with E-state index in [1.165, 1.54) is 23.5 Å². The minimum atomic E-state index is -3.57. The quantitative estimate of drug-likeness (QED) is 0.509. The summed E-state index contributed by atoms with van der Waals surface area (Å²) < 4.78 is 27.5. The lowest BCUT2D eigenvalue weighted by molar-refractivity contribution is 0.102. The van der Waals surface area contributed by atoms with E-state index in [2.05, 4.69) is 15.0 Å². The summed E-state index contributed by atoms with van der Waals surface area (Å²) in [7, 11) is -3.57. The number of anilines is 1. The molecule has 1 saturated carbocycles. The fourth-order valence-corrected chi connectivity index (χ4v) is 5.64. The predicted octanol–water partition coefficient (Wildman–Crippen LogP) is 4.13. The first-order chi connectivity index (χ1) is 14.0. The van der Waals surface area contributed by atoms with Crippen LogP contribution in [0.2, 0.25) is 0 Å². The molecule has 0 saturated heterocycles. The Kier molecular flexibility index (Phi) is 6.00. The molecule has 29 heavy (non-hydrogen) atoms. The Morgan fingerprint density at radius 2 is 2.00 bits per heavy atom. The molecule has 1 amide bonds. The molecule has 4 rings (SSSR count). The van der Waals surface area contributed by atoms with Gasteiger partial charge in [0.25, 0.3) is 5.91 Å². The Labute approximate surface area is 177 Å². The number of nitrogens with one attached hydrogen (secondary N) is 2. The molecule has 3 aromatic rings. The molecule has 0 radical (unpaired) electrons. The topological polar surface area (TPSA) is 88.2 Å². The first kappa shape index (κ1) is 20.1. The van der Waals surface area contributed by atoms with Crippen molar-refractivity contribution in [2.45, 2.75) is 34.4 Å². The van der Waals surface area contributed by atoms with E-state index in [4.69, 9.17) is 0 Å². The highest BCUT2D eigenvalue weighted by Crippen LogP contribution is 2.27. The Morgan fingerprint density at radius 1 is 1.17 bits per heavy atom. The molecular weight excluding hydrogens is 426 g/mol. The third kappa shape index (κ3) is 5.24. The second-order valence-electron chi connectivity index (χ2n) is 6.64. The lowest BCUT2D eigenvalue weighted by atomic mass is 10.2. The highest BCUT2D eigenvalue weighted by molar-refractivity contribution is 7.98. The van der Waals surface area contributed by atoms with E-state index in [9.17, 15) is 13.2 Å². The molecule has 1 aromatic heterocycles. The summed E-state index contributed by atoms with van der Waals surface area (Å²) >= 11 is 3.08. The molecule has 1 aliphatic rings. The molecule has 0 bridgehead atoms. The average Bonchev–Trinajstić information content (AvgIpc) is 3.36. The van der Waals surface area contributed by atoms with Gasteiger partial charge in [-0.05, 0) is 43.2 Å². The first-order valence-electron chi connectivity index (χ1n) is 9.04. The smallest absolute Gasteiger partial charge is 0.256 e. The van der Waals surface area contributed by atoms with Crippen LogP contribution in [-0.4, -0.2) is 25.4 Å².